The Bertz CT molecular complexity index is 471. The van der Waals surface area contributed by atoms with Gasteiger partial charge in [-0.3, -0.25) is 9.89 Å². The molecule has 0 saturated carbocycles. The van der Waals surface area contributed by atoms with Crippen LogP contribution in [0.2, 0.25) is 0 Å². The minimum Gasteiger partial charge on any atom is -0.319 e. The molecule has 0 aromatic carbocycles. The molecule has 0 fully saturated rings. The van der Waals surface area contributed by atoms with Crippen LogP contribution in [0.3, 0.4) is 0 Å². The number of hydrogen-bond donors (Lipinski definition) is 2. The van der Waals surface area contributed by atoms with Gasteiger partial charge in [-0.15, -0.1) is 0 Å². The van der Waals surface area contributed by atoms with E-state index in [0.717, 1.165) is 5.82 Å². The van der Waals surface area contributed by atoms with Gasteiger partial charge in [0.15, 0.2) is 5.82 Å². The zero-order valence-corrected chi connectivity index (χ0v) is 7.03. The number of nitrogens with zero attached hydrogens (tertiary/aromatic N) is 2. The maximum atomic E-state index is 10.9. The van der Waals surface area contributed by atoms with Gasteiger partial charge >= 0.3 is 0 Å². The monoisotopic (exact) mass is 176 g/mol. The van der Waals surface area contributed by atoms with Crippen LogP contribution in [0.25, 0.3) is 11.5 Å². The topological polar surface area (TPSA) is 74.4 Å². The molecule has 13 heavy (non-hydrogen) atoms. The summed E-state index contributed by atoms with van der Waals surface area (Å²) < 4.78 is 0. The lowest BCUT2D eigenvalue weighted by Gasteiger charge is -1.91. The standard InChI is InChI=1S/C8H8N4O/c1-5-9-8(12-11-5)6-3-2-4-7(13)10-6/h2-4H,1H3,(H,10,13)(H,9,11,12). The quantitative estimate of drug-likeness (QED) is 0.663. The third kappa shape index (κ3) is 1.48. The highest BCUT2D eigenvalue weighted by atomic mass is 16.1. The SMILES string of the molecule is Cc1nc(-c2cccc(=O)[nH]2)n[nH]1. The zero-order chi connectivity index (χ0) is 9.26. The van der Waals surface area contributed by atoms with E-state index >= 15 is 0 Å². The average Bonchev–Trinajstić information content (AvgIpc) is 2.52. The number of nitrogens with one attached hydrogen (secondary N) is 2. The Labute approximate surface area is 73.9 Å². The van der Waals surface area contributed by atoms with Crippen LogP contribution in [0.4, 0.5) is 0 Å². The van der Waals surface area contributed by atoms with Gasteiger partial charge in [0.05, 0.1) is 5.69 Å². The van der Waals surface area contributed by atoms with E-state index in [9.17, 15) is 4.79 Å². The first kappa shape index (κ1) is 7.72. The fourth-order valence-corrected chi connectivity index (χ4v) is 1.04. The lowest BCUT2D eigenvalue weighted by molar-refractivity contribution is 1.04. The number of pyridine rings is 1. The van der Waals surface area contributed by atoms with E-state index in [1.165, 1.54) is 6.07 Å². The van der Waals surface area contributed by atoms with Gasteiger partial charge in [0.25, 0.3) is 0 Å². The van der Waals surface area contributed by atoms with E-state index in [0.29, 0.717) is 11.5 Å². The molecular weight excluding hydrogens is 168 g/mol. The molecule has 0 radical (unpaired) electrons. The van der Waals surface area contributed by atoms with E-state index < -0.39 is 0 Å². The van der Waals surface area contributed by atoms with Crippen molar-refractivity contribution in [2.24, 2.45) is 0 Å². The van der Waals surface area contributed by atoms with Crippen molar-refractivity contribution in [3.05, 3.63) is 34.4 Å². The molecule has 0 bridgehead atoms. The second-order valence-corrected chi connectivity index (χ2v) is 2.67. The minimum atomic E-state index is -0.153. The van der Waals surface area contributed by atoms with Crippen LogP contribution < -0.4 is 5.56 Å². The summed E-state index contributed by atoms with van der Waals surface area (Å²) in [4.78, 5) is 17.7. The number of rotatable bonds is 1. The molecule has 0 spiro atoms. The van der Waals surface area contributed by atoms with Crippen molar-refractivity contribution < 1.29 is 0 Å². The highest BCUT2D eigenvalue weighted by Gasteiger charge is 2.02. The van der Waals surface area contributed by atoms with Gasteiger partial charge in [0, 0.05) is 6.07 Å². The molecular formula is C8H8N4O. The predicted molar refractivity (Wildman–Crippen MR) is 47.2 cm³/mol. The number of aryl methyl sites for hydroxylation is 1. The Kier molecular flexibility index (Phi) is 1.70. The Morgan fingerprint density at radius 3 is 2.85 bits per heavy atom. The first-order valence-corrected chi connectivity index (χ1v) is 3.84. The summed E-state index contributed by atoms with van der Waals surface area (Å²) in [5, 5.41) is 6.62. The van der Waals surface area contributed by atoms with Gasteiger partial charge in [-0.05, 0) is 13.0 Å². The van der Waals surface area contributed by atoms with E-state index in [1.54, 1.807) is 19.1 Å². The molecule has 0 unspecified atom stereocenters. The molecule has 0 aliphatic heterocycles. The van der Waals surface area contributed by atoms with Crippen molar-refractivity contribution >= 4 is 0 Å². The van der Waals surface area contributed by atoms with Crippen LogP contribution in [-0.4, -0.2) is 20.2 Å². The Balaban J connectivity index is 2.52. The maximum absolute atomic E-state index is 10.9. The van der Waals surface area contributed by atoms with Crippen molar-refractivity contribution in [3.8, 4) is 11.5 Å². The summed E-state index contributed by atoms with van der Waals surface area (Å²) in [6, 6.07) is 4.87. The van der Waals surface area contributed by atoms with Crippen LogP contribution in [0.15, 0.2) is 23.0 Å². The van der Waals surface area contributed by atoms with Crippen molar-refractivity contribution in [2.45, 2.75) is 6.92 Å². The second kappa shape index (κ2) is 2.85. The lowest BCUT2D eigenvalue weighted by Crippen LogP contribution is -2.03. The molecule has 2 N–H and O–H groups in total. The molecule has 2 rings (SSSR count). The van der Waals surface area contributed by atoms with Crippen LogP contribution in [0, 0.1) is 6.92 Å². The van der Waals surface area contributed by atoms with Gasteiger partial charge in [-0.1, -0.05) is 6.07 Å². The number of aromatic amines is 2. The maximum Gasteiger partial charge on any atom is 0.248 e. The van der Waals surface area contributed by atoms with Gasteiger partial charge in [0.1, 0.15) is 5.82 Å². The van der Waals surface area contributed by atoms with Gasteiger partial charge < -0.3 is 4.98 Å². The Hall–Kier alpha value is -1.91. The molecule has 0 atom stereocenters. The lowest BCUT2D eigenvalue weighted by atomic mass is 10.3. The molecule has 5 nitrogen and oxygen atoms in total. The van der Waals surface area contributed by atoms with E-state index in [-0.39, 0.29) is 5.56 Å². The fourth-order valence-electron chi connectivity index (χ4n) is 1.04. The van der Waals surface area contributed by atoms with Crippen LogP contribution in [0.1, 0.15) is 5.82 Å². The molecule has 0 saturated heterocycles. The Morgan fingerprint density at radius 2 is 2.23 bits per heavy atom. The number of H-pyrrole nitrogens is 2. The summed E-state index contributed by atoms with van der Waals surface area (Å²) in [5.41, 5.74) is 0.469. The molecule has 2 heterocycles. The first-order valence-electron chi connectivity index (χ1n) is 3.84. The molecule has 5 heteroatoms. The number of hydrogen-bond acceptors (Lipinski definition) is 3. The molecule has 0 aliphatic rings. The molecule has 2 aromatic heterocycles. The summed E-state index contributed by atoms with van der Waals surface area (Å²) in [6.45, 7) is 1.80. The average molecular weight is 176 g/mol. The normalized spacial score (nSPS) is 10.2. The van der Waals surface area contributed by atoms with Crippen LogP contribution in [0.5, 0.6) is 0 Å². The van der Waals surface area contributed by atoms with E-state index in [4.69, 9.17) is 0 Å². The van der Waals surface area contributed by atoms with E-state index in [1.807, 2.05) is 0 Å². The fraction of sp³-hybridized carbons (Fsp3) is 0.125. The summed E-state index contributed by atoms with van der Waals surface area (Å²) in [7, 11) is 0. The van der Waals surface area contributed by atoms with Gasteiger partial charge in [0.2, 0.25) is 5.56 Å². The van der Waals surface area contributed by atoms with Gasteiger partial charge in [-0.2, -0.15) is 5.10 Å². The van der Waals surface area contributed by atoms with Crippen LogP contribution >= 0.6 is 0 Å². The van der Waals surface area contributed by atoms with Crippen LogP contribution in [-0.2, 0) is 0 Å². The second-order valence-electron chi connectivity index (χ2n) is 2.67. The van der Waals surface area contributed by atoms with Crippen molar-refractivity contribution in [1.82, 2.24) is 20.2 Å². The predicted octanol–water partition coefficient (Wildman–Crippen LogP) is 0.468. The zero-order valence-electron chi connectivity index (χ0n) is 7.03. The van der Waals surface area contributed by atoms with Crippen molar-refractivity contribution in [2.75, 3.05) is 0 Å². The van der Waals surface area contributed by atoms with Crippen molar-refractivity contribution in [3.63, 3.8) is 0 Å². The third-order valence-corrected chi connectivity index (χ3v) is 1.61. The van der Waals surface area contributed by atoms with Gasteiger partial charge in [-0.25, -0.2) is 4.98 Å². The smallest absolute Gasteiger partial charge is 0.248 e. The molecule has 2 aromatic rings. The Morgan fingerprint density at radius 1 is 1.38 bits per heavy atom. The largest absolute Gasteiger partial charge is 0.319 e. The molecule has 0 amide bonds. The number of aromatic nitrogens is 4. The first-order chi connectivity index (χ1) is 6.25. The van der Waals surface area contributed by atoms with Crippen molar-refractivity contribution in [1.29, 1.82) is 0 Å². The summed E-state index contributed by atoms with van der Waals surface area (Å²) >= 11 is 0. The summed E-state index contributed by atoms with van der Waals surface area (Å²) in [6.07, 6.45) is 0. The minimum absolute atomic E-state index is 0.153. The third-order valence-electron chi connectivity index (χ3n) is 1.61. The molecule has 0 aliphatic carbocycles. The highest BCUT2D eigenvalue weighted by molar-refractivity contribution is 5.47. The summed E-state index contributed by atoms with van der Waals surface area (Å²) in [5.74, 6) is 1.23. The molecule has 66 valence electrons. The highest BCUT2D eigenvalue weighted by Crippen LogP contribution is 2.07. The van der Waals surface area contributed by atoms with E-state index in [2.05, 4.69) is 20.2 Å².